The fourth-order valence-corrected chi connectivity index (χ4v) is 1.70. The van der Waals surface area contributed by atoms with Crippen LogP contribution in [-0.4, -0.2) is 29.7 Å². The molecule has 1 heterocycles. The minimum absolute atomic E-state index is 0.184. The Hall–Kier alpha value is -1.40. The van der Waals surface area contributed by atoms with E-state index in [0.29, 0.717) is 12.4 Å². The second-order valence-corrected chi connectivity index (χ2v) is 4.36. The molecule has 0 saturated heterocycles. The molecular formula is C12H23N5O. The van der Waals surface area contributed by atoms with Crippen molar-refractivity contribution < 1.29 is 4.74 Å². The maximum Gasteiger partial charge on any atom is 0.148 e. The van der Waals surface area contributed by atoms with E-state index < -0.39 is 0 Å². The van der Waals surface area contributed by atoms with Crippen LogP contribution in [0.3, 0.4) is 0 Å². The highest BCUT2D eigenvalue weighted by Crippen LogP contribution is 2.20. The molecule has 1 rings (SSSR count). The van der Waals surface area contributed by atoms with Gasteiger partial charge in [-0.05, 0) is 20.3 Å². The van der Waals surface area contributed by atoms with Gasteiger partial charge >= 0.3 is 0 Å². The van der Waals surface area contributed by atoms with Crippen LogP contribution in [0.25, 0.3) is 0 Å². The van der Waals surface area contributed by atoms with E-state index in [1.807, 2.05) is 13.8 Å². The molecule has 0 saturated carbocycles. The molecule has 0 aliphatic heterocycles. The van der Waals surface area contributed by atoms with Crippen molar-refractivity contribution in [3.63, 3.8) is 0 Å². The molecule has 6 heteroatoms. The fraction of sp³-hybridized carbons (Fsp3) is 0.667. The Labute approximate surface area is 108 Å². The molecule has 0 aliphatic rings. The van der Waals surface area contributed by atoms with Crippen molar-refractivity contribution in [1.82, 2.24) is 9.97 Å². The van der Waals surface area contributed by atoms with E-state index in [0.717, 1.165) is 30.0 Å². The number of hydrogen-bond acceptors (Lipinski definition) is 6. The van der Waals surface area contributed by atoms with Gasteiger partial charge in [-0.2, -0.15) is 0 Å². The molecule has 0 fully saturated rings. The first-order chi connectivity index (χ1) is 8.62. The second kappa shape index (κ2) is 7.13. The molecule has 0 aromatic carbocycles. The summed E-state index contributed by atoms with van der Waals surface area (Å²) >= 11 is 0. The number of nitrogens with one attached hydrogen (secondary N) is 2. The zero-order valence-corrected chi connectivity index (χ0v) is 11.6. The summed E-state index contributed by atoms with van der Waals surface area (Å²) in [6, 6.07) is 0.184. The zero-order valence-electron chi connectivity index (χ0n) is 11.6. The van der Waals surface area contributed by atoms with Gasteiger partial charge in [0.1, 0.15) is 17.5 Å². The van der Waals surface area contributed by atoms with Crippen LogP contribution in [0.2, 0.25) is 0 Å². The third-order valence-electron chi connectivity index (χ3n) is 2.60. The number of methoxy groups -OCH3 is 1. The first-order valence-electron chi connectivity index (χ1n) is 6.21. The molecule has 102 valence electrons. The van der Waals surface area contributed by atoms with Gasteiger partial charge in [-0.1, -0.05) is 6.92 Å². The van der Waals surface area contributed by atoms with Crippen LogP contribution in [0, 0.1) is 6.92 Å². The summed E-state index contributed by atoms with van der Waals surface area (Å²) in [7, 11) is 1.68. The molecule has 6 nitrogen and oxygen atoms in total. The topological polar surface area (TPSA) is 85.1 Å². The Morgan fingerprint density at radius 1 is 1.33 bits per heavy atom. The Bertz CT molecular complexity index is 383. The summed E-state index contributed by atoms with van der Waals surface area (Å²) in [5, 5.41) is 3.31. The van der Waals surface area contributed by atoms with Crippen LogP contribution in [0.15, 0.2) is 0 Å². The Morgan fingerprint density at radius 3 is 2.56 bits per heavy atom. The number of rotatable bonds is 7. The lowest BCUT2D eigenvalue weighted by Crippen LogP contribution is -2.23. The van der Waals surface area contributed by atoms with Crippen LogP contribution in [0.1, 0.15) is 31.7 Å². The quantitative estimate of drug-likeness (QED) is 0.504. The predicted octanol–water partition coefficient (Wildman–Crippen LogP) is 1.47. The smallest absolute Gasteiger partial charge is 0.148 e. The summed E-state index contributed by atoms with van der Waals surface area (Å²) < 4.78 is 5.10. The van der Waals surface area contributed by atoms with Gasteiger partial charge in [0.15, 0.2) is 0 Å². The highest BCUT2D eigenvalue weighted by atomic mass is 16.5. The molecule has 0 radical (unpaired) electrons. The Kier molecular flexibility index (Phi) is 5.80. The largest absolute Gasteiger partial charge is 0.383 e. The summed E-state index contributed by atoms with van der Waals surface area (Å²) in [5.41, 5.74) is 3.53. The highest BCUT2D eigenvalue weighted by Gasteiger charge is 2.11. The molecule has 0 spiro atoms. The Balaban J connectivity index is 2.96. The zero-order chi connectivity index (χ0) is 13.5. The van der Waals surface area contributed by atoms with Crippen molar-refractivity contribution in [3.05, 3.63) is 11.4 Å². The number of hydrazine groups is 1. The van der Waals surface area contributed by atoms with Gasteiger partial charge in [-0.3, -0.25) is 0 Å². The van der Waals surface area contributed by atoms with Crippen LogP contribution in [0.5, 0.6) is 0 Å². The lowest BCUT2D eigenvalue weighted by molar-refractivity contribution is 0.190. The maximum atomic E-state index is 5.48. The van der Waals surface area contributed by atoms with Gasteiger partial charge < -0.3 is 15.5 Å². The average molecular weight is 253 g/mol. The monoisotopic (exact) mass is 253 g/mol. The summed E-state index contributed by atoms with van der Waals surface area (Å²) in [6.07, 6.45) is 1.84. The highest BCUT2D eigenvalue weighted by molar-refractivity contribution is 5.57. The molecular weight excluding hydrogens is 230 g/mol. The van der Waals surface area contributed by atoms with Crippen molar-refractivity contribution in [1.29, 1.82) is 0 Å². The first kappa shape index (κ1) is 14.7. The van der Waals surface area contributed by atoms with Crippen molar-refractivity contribution in [2.75, 3.05) is 24.5 Å². The fourth-order valence-electron chi connectivity index (χ4n) is 1.70. The number of nitrogen functional groups attached to an aromatic ring is 1. The number of hydrogen-bond donors (Lipinski definition) is 3. The van der Waals surface area contributed by atoms with Crippen LogP contribution < -0.4 is 16.6 Å². The van der Waals surface area contributed by atoms with Crippen molar-refractivity contribution in [2.24, 2.45) is 5.84 Å². The van der Waals surface area contributed by atoms with E-state index in [4.69, 9.17) is 10.6 Å². The van der Waals surface area contributed by atoms with Crippen molar-refractivity contribution in [2.45, 2.75) is 39.7 Å². The third kappa shape index (κ3) is 3.82. The average Bonchev–Trinajstić information content (AvgIpc) is 2.33. The SMILES string of the molecule is CCCc1nc(NN)c(C)c(NC(C)COC)n1. The minimum Gasteiger partial charge on any atom is -0.383 e. The molecule has 4 N–H and O–H groups in total. The summed E-state index contributed by atoms with van der Waals surface area (Å²) in [4.78, 5) is 8.90. The molecule has 0 amide bonds. The van der Waals surface area contributed by atoms with Crippen molar-refractivity contribution >= 4 is 11.6 Å². The minimum atomic E-state index is 0.184. The summed E-state index contributed by atoms with van der Waals surface area (Å²) in [5.74, 6) is 7.75. The Morgan fingerprint density at radius 2 is 2.00 bits per heavy atom. The van der Waals surface area contributed by atoms with Gasteiger partial charge in [0, 0.05) is 25.1 Å². The van der Waals surface area contributed by atoms with E-state index in [-0.39, 0.29) is 6.04 Å². The molecule has 1 unspecified atom stereocenters. The van der Waals surface area contributed by atoms with E-state index in [1.165, 1.54) is 0 Å². The first-order valence-corrected chi connectivity index (χ1v) is 6.21. The lowest BCUT2D eigenvalue weighted by atomic mass is 10.2. The van der Waals surface area contributed by atoms with Gasteiger partial charge in [0.05, 0.1) is 6.61 Å². The number of aromatic nitrogens is 2. The standard InChI is InChI=1S/C12H23N5O/c1-5-6-10-15-11(14-8(2)7-18-4)9(3)12(16-10)17-13/h8H,5-7,13H2,1-4H3,(H2,14,15,16,17). The number of ether oxygens (including phenoxy) is 1. The van der Waals surface area contributed by atoms with Gasteiger partial charge in [-0.15, -0.1) is 0 Å². The maximum absolute atomic E-state index is 5.48. The van der Waals surface area contributed by atoms with E-state index in [2.05, 4.69) is 27.6 Å². The van der Waals surface area contributed by atoms with Crippen LogP contribution in [0.4, 0.5) is 11.6 Å². The normalized spacial score (nSPS) is 12.3. The molecule has 1 atom stereocenters. The van der Waals surface area contributed by atoms with Gasteiger partial charge in [0.25, 0.3) is 0 Å². The number of anilines is 2. The molecule has 1 aromatic heterocycles. The third-order valence-corrected chi connectivity index (χ3v) is 2.60. The van der Waals surface area contributed by atoms with Crippen LogP contribution >= 0.6 is 0 Å². The van der Waals surface area contributed by atoms with E-state index >= 15 is 0 Å². The van der Waals surface area contributed by atoms with E-state index in [1.54, 1.807) is 7.11 Å². The number of nitrogens with zero attached hydrogens (tertiary/aromatic N) is 2. The van der Waals surface area contributed by atoms with E-state index in [9.17, 15) is 0 Å². The second-order valence-electron chi connectivity index (χ2n) is 4.36. The molecule has 0 bridgehead atoms. The van der Waals surface area contributed by atoms with Crippen LogP contribution in [-0.2, 0) is 11.2 Å². The number of aryl methyl sites for hydroxylation is 1. The van der Waals surface area contributed by atoms with Gasteiger partial charge in [-0.25, -0.2) is 15.8 Å². The summed E-state index contributed by atoms with van der Waals surface area (Å²) in [6.45, 7) is 6.70. The predicted molar refractivity (Wildman–Crippen MR) is 73.5 cm³/mol. The van der Waals surface area contributed by atoms with Crippen molar-refractivity contribution in [3.8, 4) is 0 Å². The molecule has 1 aromatic rings. The number of nitrogens with two attached hydrogens (primary N) is 1. The molecule has 0 aliphatic carbocycles. The van der Waals surface area contributed by atoms with Gasteiger partial charge in [0.2, 0.25) is 0 Å². The lowest BCUT2D eigenvalue weighted by Gasteiger charge is -2.17. The molecule has 18 heavy (non-hydrogen) atoms.